The zero-order chi connectivity index (χ0) is 14.1. The molecule has 3 heteroatoms. The molecule has 0 aliphatic heterocycles. The summed E-state index contributed by atoms with van der Waals surface area (Å²) >= 11 is 0. The van der Waals surface area contributed by atoms with E-state index < -0.39 is 0 Å². The summed E-state index contributed by atoms with van der Waals surface area (Å²) in [6.45, 7) is 4.88. The summed E-state index contributed by atoms with van der Waals surface area (Å²) in [5.41, 5.74) is 11.0. The lowest BCUT2D eigenvalue weighted by Crippen LogP contribution is -2.19. The van der Waals surface area contributed by atoms with E-state index in [1.807, 2.05) is 37.3 Å². The van der Waals surface area contributed by atoms with Crippen molar-refractivity contribution in [2.75, 3.05) is 0 Å². The van der Waals surface area contributed by atoms with Gasteiger partial charge in [0.05, 0.1) is 11.0 Å². The summed E-state index contributed by atoms with van der Waals surface area (Å²) in [4.78, 5) is 4.59. The molecule has 20 heavy (non-hydrogen) atoms. The van der Waals surface area contributed by atoms with Crippen molar-refractivity contribution in [1.82, 2.24) is 9.55 Å². The van der Waals surface area contributed by atoms with Crippen LogP contribution in [0.15, 0.2) is 48.5 Å². The van der Waals surface area contributed by atoms with Gasteiger partial charge in [-0.2, -0.15) is 0 Å². The molecule has 0 spiro atoms. The molecule has 0 bridgehead atoms. The van der Waals surface area contributed by atoms with Gasteiger partial charge in [0.25, 0.3) is 0 Å². The molecule has 0 amide bonds. The van der Waals surface area contributed by atoms with Crippen LogP contribution < -0.4 is 5.73 Å². The summed E-state index contributed by atoms with van der Waals surface area (Å²) in [7, 11) is 0. The molecule has 0 aliphatic carbocycles. The average Bonchev–Trinajstić information content (AvgIpc) is 2.76. The Balaban J connectivity index is 1.97. The fraction of sp³-hybridized carbons (Fsp3) is 0.235. The number of hydrogen-bond acceptors (Lipinski definition) is 2. The van der Waals surface area contributed by atoms with Crippen molar-refractivity contribution in [1.29, 1.82) is 0 Å². The van der Waals surface area contributed by atoms with Gasteiger partial charge in [-0.05, 0) is 37.1 Å². The molecule has 3 nitrogen and oxygen atoms in total. The van der Waals surface area contributed by atoms with E-state index in [-0.39, 0.29) is 6.04 Å². The Hall–Kier alpha value is -2.13. The second-order valence-corrected chi connectivity index (χ2v) is 5.22. The fourth-order valence-electron chi connectivity index (χ4n) is 2.72. The molecular formula is C17H19N3. The maximum absolute atomic E-state index is 6.40. The number of nitrogens with zero attached hydrogens (tertiary/aromatic N) is 2. The van der Waals surface area contributed by atoms with Crippen LogP contribution in [0.1, 0.15) is 23.0 Å². The molecule has 2 aromatic carbocycles. The van der Waals surface area contributed by atoms with Crippen LogP contribution in [0.25, 0.3) is 11.0 Å². The molecule has 102 valence electrons. The lowest BCUT2D eigenvalue weighted by Gasteiger charge is -2.17. The number of imidazole rings is 1. The molecule has 0 saturated carbocycles. The predicted octanol–water partition coefficient (Wildman–Crippen LogP) is 3.35. The van der Waals surface area contributed by atoms with Crippen molar-refractivity contribution in [2.24, 2.45) is 5.73 Å². The van der Waals surface area contributed by atoms with Crippen LogP contribution in [0.5, 0.6) is 0 Å². The van der Waals surface area contributed by atoms with Crippen LogP contribution in [-0.2, 0) is 6.54 Å². The van der Waals surface area contributed by atoms with E-state index >= 15 is 0 Å². The zero-order valence-electron chi connectivity index (χ0n) is 11.9. The second-order valence-electron chi connectivity index (χ2n) is 5.22. The van der Waals surface area contributed by atoms with Crippen molar-refractivity contribution in [3.05, 3.63) is 65.5 Å². The van der Waals surface area contributed by atoms with Crippen LogP contribution in [0.4, 0.5) is 0 Å². The first kappa shape index (κ1) is 12.9. The molecule has 1 heterocycles. The first-order valence-electron chi connectivity index (χ1n) is 6.90. The third-order valence-electron chi connectivity index (χ3n) is 3.81. The Labute approximate surface area is 119 Å². The third kappa shape index (κ3) is 2.21. The summed E-state index contributed by atoms with van der Waals surface area (Å²) in [5, 5.41) is 0. The van der Waals surface area contributed by atoms with Gasteiger partial charge in [-0.25, -0.2) is 4.98 Å². The van der Waals surface area contributed by atoms with E-state index in [0.717, 1.165) is 23.4 Å². The van der Waals surface area contributed by atoms with Gasteiger partial charge in [0, 0.05) is 12.6 Å². The normalized spacial score (nSPS) is 12.8. The highest BCUT2D eigenvalue weighted by molar-refractivity contribution is 5.75. The van der Waals surface area contributed by atoms with Crippen molar-refractivity contribution in [3.8, 4) is 0 Å². The molecule has 3 rings (SSSR count). The van der Waals surface area contributed by atoms with Crippen LogP contribution in [0.2, 0.25) is 0 Å². The molecule has 0 radical (unpaired) electrons. The highest BCUT2D eigenvalue weighted by Crippen LogP contribution is 2.21. The first-order chi connectivity index (χ1) is 9.66. The van der Waals surface area contributed by atoms with E-state index in [9.17, 15) is 0 Å². The maximum Gasteiger partial charge on any atom is 0.106 e. The molecule has 0 aliphatic rings. The lowest BCUT2D eigenvalue weighted by molar-refractivity contribution is 0.575. The standard InChI is InChI=1S/C17H19N3/c1-12-7-3-4-8-14(12)15(18)11-20-13(2)19-16-9-5-6-10-17(16)20/h3-10,15H,11,18H2,1-2H3. The molecular weight excluding hydrogens is 246 g/mol. The van der Waals surface area contributed by atoms with Crippen molar-refractivity contribution in [2.45, 2.75) is 26.4 Å². The number of para-hydroxylation sites is 2. The minimum absolute atomic E-state index is 0.0208. The van der Waals surface area contributed by atoms with Gasteiger partial charge in [0.15, 0.2) is 0 Å². The van der Waals surface area contributed by atoms with Gasteiger partial charge in [0.2, 0.25) is 0 Å². The van der Waals surface area contributed by atoms with Crippen LogP contribution in [0, 0.1) is 13.8 Å². The SMILES string of the molecule is Cc1ccccc1C(N)Cn1c(C)nc2ccccc21. The van der Waals surface area contributed by atoms with Gasteiger partial charge < -0.3 is 10.3 Å². The molecule has 0 saturated heterocycles. The van der Waals surface area contributed by atoms with Crippen molar-refractivity contribution < 1.29 is 0 Å². The van der Waals surface area contributed by atoms with Gasteiger partial charge in [-0.3, -0.25) is 0 Å². The minimum atomic E-state index is -0.0208. The Morgan fingerprint density at radius 3 is 2.55 bits per heavy atom. The third-order valence-corrected chi connectivity index (χ3v) is 3.81. The van der Waals surface area contributed by atoms with E-state index in [4.69, 9.17) is 5.73 Å². The maximum atomic E-state index is 6.40. The molecule has 0 fully saturated rings. The summed E-state index contributed by atoms with van der Waals surface area (Å²) in [6.07, 6.45) is 0. The number of benzene rings is 2. The number of aromatic nitrogens is 2. The molecule has 2 N–H and O–H groups in total. The highest BCUT2D eigenvalue weighted by Gasteiger charge is 2.13. The number of hydrogen-bond donors (Lipinski definition) is 1. The van der Waals surface area contributed by atoms with E-state index in [0.29, 0.717) is 0 Å². The van der Waals surface area contributed by atoms with Crippen molar-refractivity contribution in [3.63, 3.8) is 0 Å². The summed E-state index contributed by atoms with van der Waals surface area (Å²) in [6, 6.07) is 16.5. The molecule has 1 aromatic heterocycles. The molecule has 1 unspecified atom stereocenters. The van der Waals surface area contributed by atoms with Gasteiger partial charge in [-0.15, -0.1) is 0 Å². The Bertz CT molecular complexity index is 743. The van der Waals surface area contributed by atoms with Crippen molar-refractivity contribution >= 4 is 11.0 Å². The summed E-state index contributed by atoms with van der Waals surface area (Å²) in [5.74, 6) is 1.01. The highest BCUT2D eigenvalue weighted by atomic mass is 15.1. The summed E-state index contributed by atoms with van der Waals surface area (Å²) < 4.78 is 2.20. The van der Waals surface area contributed by atoms with Gasteiger partial charge in [0.1, 0.15) is 5.82 Å². The molecule has 1 atom stereocenters. The Morgan fingerprint density at radius 2 is 1.75 bits per heavy atom. The average molecular weight is 265 g/mol. The topological polar surface area (TPSA) is 43.8 Å². The monoisotopic (exact) mass is 265 g/mol. The largest absolute Gasteiger partial charge is 0.326 e. The Morgan fingerprint density at radius 1 is 1.05 bits per heavy atom. The van der Waals surface area contributed by atoms with E-state index in [2.05, 4.69) is 34.7 Å². The first-order valence-corrected chi connectivity index (χ1v) is 6.90. The fourth-order valence-corrected chi connectivity index (χ4v) is 2.72. The van der Waals surface area contributed by atoms with Crippen LogP contribution in [-0.4, -0.2) is 9.55 Å². The molecule has 3 aromatic rings. The number of fused-ring (bicyclic) bond motifs is 1. The lowest BCUT2D eigenvalue weighted by atomic mass is 10.0. The van der Waals surface area contributed by atoms with Gasteiger partial charge in [-0.1, -0.05) is 36.4 Å². The number of nitrogens with two attached hydrogens (primary N) is 1. The smallest absolute Gasteiger partial charge is 0.106 e. The quantitative estimate of drug-likeness (QED) is 0.789. The zero-order valence-corrected chi connectivity index (χ0v) is 11.9. The van der Waals surface area contributed by atoms with Gasteiger partial charge >= 0.3 is 0 Å². The van der Waals surface area contributed by atoms with Crippen LogP contribution in [0.3, 0.4) is 0 Å². The second kappa shape index (κ2) is 5.10. The number of aryl methyl sites for hydroxylation is 2. The van der Waals surface area contributed by atoms with E-state index in [1.165, 1.54) is 11.1 Å². The van der Waals surface area contributed by atoms with E-state index in [1.54, 1.807) is 0 Å². The number of rotatable bonds is 3. The minimum Gasteiger partial charge on any atom is -0.326 e. The van der Waals surface area contributed by atoms with Crippen LogP contribution >= 0.6 is 0 Å². The predicted molar refractivity (Wildman–Crippen MR) is 82.6 cm³/mol. The Kier molecular flexibility index (Phi) is 3.28.